The first kappa shape index (κ1) is 12.6. The number of hydrogen-bond acceptors (Lipinski definition) is 2. The molecule has 1 aliphatic rings. The SMILES string of the molecule is O=C(O)C1(Cc2ccccc2Br)CCOCC1. The van der Waals surface area contributed by atoms with E-state index in [1.165, 1.54) is 0 Å². The second-order valence-electron chi connectivity index (χ2n) is 4.47. The molecule has 1 saturated heterocycles. The van der Waals surface area contributed by atoms with E-state index >= 15 is 0 Å². The Morgan fingerprint density at radius 2 is 2.00 bits per heavy atom. The Bertz CT molecular complexity index is 411. The van der Waals surface area contributed by atoms with Crippen molar-refractivity contribution in [3.63, 3.8) is 0 Å². The Balaban J connectivity index is 2.24. The van der Waals surface area contributed by atoms with Crippen LogP contribution in [0.4, 0.5) is 0 Å². The number of carboxylic acids is 1. The quantitative estimate of drug-likeness (QED) is 0.933. The second-order valence-corrected chi connectivity index (χ2v) is 5.32. The van der Waals surface area contributed by atoms with Crippen LogP contribution in [0.5, 0.6) is 0 Å². The van der Waals surface area contributed by atoms with Crippen LogP contribution in [0, 0.1) is 5.41 Å². The molecule has 3 nitrogen and oxygen atoms in total. The summed E-state index contributed by atoms with van der Waals surface area (Å²) in [5, 5.41) is 9.47. The largest absolute Gasteiger partial charge is 0.481 e. The van der Waals surface area contributed by atoms with Gasteiger partial charge in [-0.05, 0) is 30.9 Å². The molecule has 0 spiro atoms. The Labute approximate surface area is 109 Å². The van der Waals surface area contributed by atoms with E-state index in [1.54, 1.807) is 0 Å². The molecule has 0 aromatic heterocycles. The van der Waals surface area contributed by atoms with Crippen LogP contribution < -0.4 is 0 Å². The lowest BCUT2D eigenvalue weighted by atomic mass is 9.75. The molecule has 1 aliphatic heterocycles. The van der Waals surface area contributed by atoms with Crippen LogP contribution in [-0.2, 0) is 16.0 Å². The molecule has 1 aromatic carbocycles. The third kappa shape index (κ3) is 2.69. The molecule has 92 valence electrons. The minimum atomic E-state index is -0.712. The summed E-state index contributed by atoms with van der Waals surface area (Å²) < 4.78 is 6.25. The number of halogens is 1. The smallest absolute Gasteiger partial charge is 0.310 e. The molecule has 0 unspecified atom stereocenters. The van der Waals surface area contributed by atoms with Gasteiger partial charge in [0.2, 0.25) is 0 Å². The van der Waals surface area contributed by atoms with Gasteiger partial charge in [0.15, 0.2) is 0 Å². The first-order valence-corrected chi connectivity index (χ1v) is 6.48. The lowest BCUT2D eigenvalue weighted by Crippen LogP contribution is -2.39. The summed E-state index contributed by atoms with van der Waals surface area (Å²) >= 11 is 3.47. The standard InChI is InChI=1S/C13H15BrO3/c14-11-4-2-1-3-10(11)9-13(12(15)16)5-7-17-8-6-13/h1-4H,5-9H2,(H,15,16). The van der Waals surface area contributed by atoms with Crippen molar-refractivity contribution < 1.29 is 14.6 Å². The molecule has 1 N–H and O–H groups in total. The molecule has 1 fully saturated rings. The average Bonchev–Trinajstić information content (AvgIpc) is 2.33. The van der Waals surface area contributed by atoms with Gasteiger partial charge in [-0.25, -0.2) is 0 Å². The normalized spacial score (nSPS) is 18.9. The molecule has 1 heterocycles. The zero-order valence-corrected chi connectivity index (χ0v) is 11.1. The molecule has 1 aromatic rings. The van der Waals surface area contributed by atoms with Crippen LogP contribution in [-0.4, -0.2) is 24.3 Å². The third-order valence-electron chi connectivity index (χ3n) is 3.39. The Morgan fingerprint density at radius 3 is 2.59 bits per heavy atom. The van der Waals surface area contributed by atoms with Crippen molar-refractivity contribution in [1.82, 2.24) is 0 Å². The fourth-order valence-corrected chi connectivity index (χ4v) is 2.66. The fourth-order valence-electron chi connectivity index (χ4n) is 2.23. The third-order valence-corrected chi connectivity index (χ3v) is 4.16. The maximum atomic E-state index is 11.5. The van der Waals surface area contributed by atoms with E-state index in [0.29, 0.717) is 32.5 Å². The molecule has 17 heavy (non-hydrogen) atoms. The number of carbonyl (C=O) groups is 1. The first-order chi connectivity index (χ1) is 8.14. The van der Waals surface area contributed by atoms with E-state index in [-0.39, 0.29) is 0 Å². The van der Waals surface area contributed by atoms with E-state index in [9.17, 15) is 9.90 Å². The van der Waals surface area contributed by atoms with Gasteiger partial charge in [0.25, 0.3) is 0 Å². The van der Waals surface area contributed by atoms with Gasteiger partial charge in [-0.2, -0.15) is 0 Å². The van der Waals surface area contributed by atoms with Crippen LogP contribution in [0.3, 0.4) is 0 Å². The number of aliphatic carboxylic acids is 1. The summed E-state index contributed by atoms with van der Waals surface area (Å²) in [6.45, 7) is 1.08. The molecular formula is C13H15BrO3. The van der Waals surface area contributed by atoms with Crippen molar-refractivity contribution in [1.29, 1.82) is 0 Å². The summed E-state index contributed by atoms with van der Waals surface area (Å²) in [6, 6.07) is 7.80. The lowest BCUT2D eigenvalue weighted by molar-refractivity contribution is -0.154. The maximum Gasteiger partial charge on any atom is 0.310 e. The molecule has 0 radical (unpaired) electrons. The Kier molecular flexibility index (Phi) is 3.84. The highest BCUT2D eigenvalue weighted by Gasteiger charge is 2.40. The average molecular weight is 299 g/mol. The molecule has 2 rings (SSSR count). The lowest BCUT2D eigenvalue weighted by Gasteiger charge is -2.33. The van der Waals surface area contributed by atoms with Crippen molar-refractivity contribution in [2.24, 2.45) is 5.41 Å². The summed E-state index contributed by atoms with van der Waals surface area (Å²) in [4.78, 5) is 11.5. The van der Waals surface area contributed by atoms with Crippen molar-refractivity contribution in [3.8, 4) is 0 Å². The maximum absolute atomic E-state index is 11.5. The summed E-state index contributed by atoms with van der Waals surface area (Å²) in [6.07, 6.45) is 1.74. The number of hydrogen-bond donors (Lipinski definition) is 1. The highest BCUT2D eigenvalue weighted by Crippen LogP contribution is 2.36. The molecule has 0 saturated carbocycles. The zero-order valence-electron chi connectivity index (χ0n) is 9.49. The molecule has 0 aliphatic carbocycles. The van der Waals surface area contributed by atoms with Gasteiger partial charge in [-0.1, -0.05) is 34.1 Å². The second kappa shape index (κ2) is 5.19. The van der Waals surface area contributed by atoms with Gasteiger partial charge in [-0.3, -0.25) is 4.79 Å². The molecule has 0 atom stereocenters. The minimum absolute atomic E-state index is 0.538. The predicted molar refractivity (Wildman–Crippen MR) is 68.0 cm³/mol. The van der Waals surface area contributed by atoms with E-state index in [2.05, 4.69) is 15.9 Å². The van der Waals surface area contributed by atoms with Crippen LogP contribution in [0.1, 0.15) is 18.4 Å². The molecule has 0 amide bonds. The van der Waals surface area contributed by atoms with Crippen molar-refractivity contribution >= 4 is 21.9 Å². The highest BCUT2D eigenvalue weighted by atomic mass is 79.9. The number of carboxylic acid groups (broad SMARTS) is 1. The molecule has 0 bridgehead atoms. The summed E-state index contributed by atoms with van der Waals surface area (Å²) in [5.41, 5.74) is 0.388. The minimum Gasteiger partial charge on any atom is -0.481 e. The van der Waals surface area contributed by atoms with Gasteiger partial charge in [0, 0.05) is 17.7 Å². The monoisotopic (exact) mass is 298 g/mol. The topological polar surface area (TPSA) is 46.5 Å². The van der Waals surface area contributed by atoms with E-state index < -0.39 is 11.4 Å². The summed E-state index contributed by atoms with van der Waals surface area (Å²) in [5.74, 6) is -0.712. The van der Waals surface area contributed by atoms with Gasteiger partial charge in [-0.15, -0.1) is 0 Å². The fraction of sp³-hybridized carbons (Fsp3) is 0.462. The van der Waals surface area contributed by atoms with E-state index in [4.69, 9.17) is 4.74 Å². The van der Waals surface area contributed by atoms with Crippen LogP contribution in [0.15, 0.2) is 28.7 Å². The van der Waals surface area contributed by atoms with E-state index in [0.717, 1.165) is 10.0 Å². The Morgan fingerprint density at radius 1 is 1.35 bits per heavy atom. The van der Waals surface area contributed by atoms with Gasteiger partial charge < -0.3 is 9.84 Å². The van der Waals surface area contributed by atoms with E-state index in [1.807, 2.05) is 24.3 Å². The zero-order chi connectivity index (χ0) is 12.3. The summed E-state index contributed by atoms with van der Waals surface area (Å²) in [7, 11) is 0. The molecular weight excluding hydrogens is 284 g/mol. The number of ether oxygens (including phenoxy) is 1. The van der Waals surface area contributed by atoms with Gasteiger partial charge in [0.1, 0.15) is 0 Å². The van der Waals surface area contributed by atoms with Crippen molar-refractivity contribution in [2.45, 2.75) is 19.3 Å². The van der Waals surface area contributed by atoms with Crippen LogP contribution >= 0.6 is 15.9 Å². The first-order valence-electron chi connectivity index (χ1n) is 5.69. The number of benzene rings is 1. The van der Waals surface area contributed by atoms with Crippen molar-refractivity contribution in [3.05, 3.63) is 34.3 Å². The van der Waals surface area contributed by atoms with Crippen LogP contribution in [0.2, 0.25) is 0 Å². The number of rotatable bonds is 3. The van der Waals surface area contributed by atoms with Gasteiger partial charge >= 0.3 is 5.97 Å². The highest BCUT2D eigenvalue weighted by molar-refractivity contribution is 9.10. The Hall–Kier alpha value is -0.870. The van der Waals surface area contributed by atoms with Gasteiger partial charge in [0.05, 0.1) is 5.41 Å². The van der Waals surface area contributed by atoms with Crippen molar-refractivity contribution in [2.75, 3.05) is 13.2 Å². The van der Waals surface area contributed by atoms with Crippen LogP contribution in [0.25, 0.3) is 0 Å². The predicted octanol–water partition coefficient (Wildman–Crippen LogP) is 2.87. The molecule has 4 heteroatoms.